The summed E-state index contributed by atoms with van der Waals surface area (Å²) in [5, 5.41) is 6.44. The van der Waals surface area contributed by atoms with E-state index >= 15 is 0 Å². The molecule has 1 saturated heterocycles. The average molecular weight is 304 g/mol. The first-order valence-corrected chi connectivity index (χ1v) is 8.17. The maximum Gasteiger partial charge on any atom is 0.0928 e. The van der Waals surface area contributed by atoms with E-state index in [1.54, 1.807) is 11.3 Å². The van der Waals surface area contributed by atoms with E-state index in [1.165, 1.54) is 4.88 Å². The third-order valence-electron chi connectivity index (χ3n) is 3.61. The Bertz CT molecular complexity index is 385. The number of hydrogen-bond donors (Lipinski definition) is 1. The predicted octanol–water partition coefficient (Wildman–Crippen LogP) is 3.64. The molecule has 1 aromatic heterocycles. The van der Waals surface area contributed by atoms with Gasteiger partial charge in [0.05, 0.1) is 16.7 Å². The zero-order valence-electron chi connectivity index (χ0n) is 11.6. The number of halogens is 1. The number of rotatable bonds is 6. The minimum absolute atomic E-state index is 0.147. The molecule has 2 rings (SSSR count). The lowest BCUT2D eigenvalue weighted by atomic mass is 9.84. The van der Waals surface area contributed by atoms with Gasteiger partial charge >= 0.3 is 0 Å². The van der Waals surface area contributed by atoms with Crippen LogP contribution in [0.5, 0.6) is 0 Å². The third kappa shape index (κ3) is 3.31. The second kappa shape index (κ2) is 7.04. The Balaban J connectivity index is 2.31. The summed E-state index contributed by atoms with van der Waals surface area (Å²) in [6, 6.07) is 2.11. The van der Waals surface area contributed by atoms with Crippen molar-refractivity contribution >= 4 is 22.9 Å². The summed E-state index contributed by atoms with van der Waals surface area (Å²) in [6.45, 7) is 7.29. The van der Waals surface area contributed by atoms with Crippen LogP contribution in [0.2, 0.25) is 5.02 Å². The highest BCUT2D eigenvalue weighted by atomic mass is 35.5. The highest BCUT2D eigenvalue weighted by Gasteiger charge is 2.43. The third-order valence-corrected chi connectivity index (χ3v) is 5.04. The second-order valence-corrected chi connectivity index (χ2v) is 6.09. The molecule has 2 heterocycles. The first-order chi connectivity index (χ1) is 9.23. The lowest BCUT2D eigenvalue weighted by Gasteiger charge is -2.43. The van der Waals surface area contributed by atoms with Crippen molar-refractivity contribution in [3.8, 4) is 0 Å². The fraction of sp³-hybridized carbons (Fsp3) is 0.714. The molecule has 0 radical (unpaired) electrons. The molecule has 0 spiro atoms. The predicted molar refractivity (Wildman–Crippen MR) is 80.2 cm³/mol. The molecule has 108 valence electrons. The molecule has 0 bridgehead atoms. The Labute approximate surface area is 124 Å². The van der Waals surface area contributed by atoms with E-state index in [4.69, 9.17) is 21.1 Å². The fourth-order valence-electron chi connectivity index (χ4n) is 2.75. The van der Waals surface area contributed by atoms with Gasteiger partial charge in [0, 0.05) is 37.5 Å². The average Bonchev–Trinajstić information content (AvgIpc) is 2.83. The van der Waals surface area contributed by atoms with Crippen LogP contribution in [-0.2, 0) is 9.47 Å². The summed E-state index contributed by atoms with van der Waals surface area (Å²) < 4.78 is 11.7. The molecule has 1 N–H and O–H groups in total. The lowest BCUT2D eigenvalue weighted by Crippen LogP contribution is -2.49. The van der Waals surface area contributed by atoms with E-state index < -0.39 is 0 Å². The van der Waals surface area contributed by atoms with Gasteiger partial charge < -0.3 is 14.8 Å². The van der Waals surface area contributed by atoms with Gasteiger partial charge in [-0.1, -0.05) is 18.5 Å². The van der Waals surface area contributed by atoms with Crippen LogP contribution in [0.4, 0.5) is 0 Å². The van der Waals surface area contributed by atoms with Crippen molar-refractivity contribution < 1.29 is 9.47 Å². The number of thiophene rings is 1. The van der Waals surface area contributed by atoms with Gasteiger partial charge in [-0.25, -0.2) is 0 Å². The van der Waals surface area contributed by atoms with Crippen molar-refractivity contribution in [1.82, 2.24) is 5.32 Å². The Morgan fingerprint density at radius 1 is 1.47 bits per heavy atom. The Hall–Kier alpha value is -0.130. The zero-order chi connectivity index (χ0) is 13.7. The van der Waals surface area contributed by atoms with Gasteiger partial charge in [-0.05, 0) is 24.9 Å². The van der Waals surface area contributed by atoms with Crippen molar-refractivity contribution in [2.75, 3.05) is 26.4 Å². The molecule has 0 saturated carbocycles. The van der Waals surface area contributed by atoms with Crippen molar-refractivity contribution in [2.45, 2.75) is 38.3 Å². The summed E-state index contributed by atoms with van der Waals surface area (Å²) in [6.07, 6.45) is 1.82. The Morgan fingerprint density at radius 2 is 2.21 bits per heavy atom. The van der Waals surface area contributed by atoms with Crippen LogP contribution in [0.15, 0.2) is 11.4 Å². The van der Waals surface area contributed by atoms with Crippen LogP contribution in [0.3, 0.4) is 0 Å². The molecule has 3 nitrogen and oxygen atoms in total. The summed E-state index contributed by atoms with van der Waals surface area (Å²) >= 11 is 8.04. The first-order valence-electron chi connectivity index (χ1n) is 6.91. The van der Waals surface area contributed by atoms with Crippen LogP contribution in [0.1, 0.15) is 37.6 Å². The van der Waals surface area contributed by atoms with Crippen LogP contribution in [-0.4, -0.2) is 32.0 Å². The fourth-order valence-corrected chi connectivity index (χ4v) is 4.10. The lowest BCUT2D eigenvalue weighted by molar-refractivity contribution is -0.127. The number of nitrogens with one attached hydrogen (secondary N) is 1. The molecular weight excluding hydrogens is 282 g/mol. The Morgan fingerprint density at radius 3 is 2.74 bits per heavy atom. The van der Waals surface area contributed by atoms with Crippen LogP contribution < -0.4 is 5.32 Å². The molecule has 1 fully saturated rings. The molecule has 1 aliphatic heterocycles. The van der Waals surface area contributed by atoms with E-state index in [9.17, 15) is 0 Å². The van der Waals surface area contributed by atoms with Crippen molar-refractivity contribution in [3.63, 3.8) is 0 Å². The van der Waals surface area contributed by atoms with Gasteiger partial charge in [0.2, 0.25) is 0 Å². The summed E-state index contributed by atoms with van der Waals surface area (Å²) in [4.78, 5) is 1.18. The molecule has 19 heavy (non-hydrogen) atoms. The molecular formula is C14H22ClNO2S. The van der Waals surface area contributed by atoms with Gasteiger partial charge in [-0.2, -0.15) is 0 Å². The van der Waals surface area contributed by atoms with Crippen molar-refractivity contribution in [1.29, 1.82) is 0 Å². The summed E-state index contributed by atoms with van der Waals surface area (Å²) in [5.41, 5.74) is -0.197. The normalized spacial score (nSPS) is 20.4. The quantitative estimate of drug-likeness (QED) is 0.870. The number of likely N-dealkylation sites (N-methyl/N-ethyl adjacent to an activating group) is 1. The van der Waals surface area contributed by atoms with Gasteiger partial charge in [0.15, 0.2) is 0 Å². The monoisotopic (exact) mass is 303 g/mol. The second-order valence-electron chi connectivity index (χ2n) is 4.73. The van der Waals surface area contributed by atoms with Gasteiger partial charge in [0.25, 0.3) is 0 Å². The maximum absolute atomic E-state index is 6.34. The number of hydrogen-bond acceptors (Lipinski definition) is 4. The minimum Gasteiger partial charge on any atom is -0.381 e. The van der Waals surface area contributed by atoms with Crippen molar-refractivity contribution in [2.24, 2.45) is 0 Å². The van der Waals surface area contributed by atoms with Gasteiger partial charge in [-0.15, -0.1) is 11.3 Å². The van der Waals surface area contributed by atoms with E-state index in [0.29, 0.717) is 6.61 Å². The largest absolute Gasteiger partial charge is 0.381 e. The van der Waals surface area contributed by atoms with E-state index in [0.717, 1.165) is 37.6 Å². The van der Waals surface area contributed by atoms with Crippen molar-refractivity contribution in [3.05, 3.63) is 21.3 Å². The van der Waals surface area contributed by atoms with Crippen LogP contribution >= 0.6 is 22.9 Å². The zero-order valence-corrected chi connectivity index (χ0v) is 13.1. The molecule has 0 aliphatic carbocycles. The minimum atomic E-state index is -0.197. The van der Waals surface area contributed by atoms with E-state index in [-0.39, 0.29) is 11.6 Å². The van der Waals surface area contributed by atoms with E-state index in [2.05, 4.69) is 19.2 Å². The standard InChI is InChI=1S/C14H22ClNO2S/c1-3-16-13(12-11(15)5-10-19-12)14(18-4-2)6-8-17-9-7-14/h5,10,13,16H,3-4,6-9H2,1-2H3. The number of ether oxygens (including phenoxy) is 2. The van der Waals surface area contributed by atoms with Crippen LogP contribution in [0.25, 0.3) is 0 Å². The summed E-state index contributed by atoms with van der Waals surface area (Å²) in [5.74, 6) is 0. The maximum atomic E-state index is 6.34. The van der Waals surface area contributed by atoms with Gasteiger partial charge in [-0.3, -0.25) is 0 Å². The highest BCUT2D eigenvalue weighted by molar-refractivity contribution is 7.10. The van der Waals surface area contributed by atoms with E-state index in [1.807, 2.05) is 11.4 Å². The topological polar surface area (TPSA) is 30.5 Å². The molecule has 0 aromatic carbocycles. The molecule has 1 atom stereocenters. The SMILES string of the molecule is CCNC(c1sccc1Cl)C1(OCC)CCOCC1. The Kier molecular flexibility index (Phi) is 5.66. The molecule has 5 heteroatoms. The molecule has 1 unspecified atom stereocenters. The first kappa shape index (κ1) is 15.3. The molecule has 1 aliphatic rings. The smallest absolute Gasteiger partial charge is 0.0928 e. The van der Waals surface area contributed by atoms with Crippen LogP contribution in [0, 0.1) is 0 Å². The van der Waals surface area contributed by atoms with Gasteiger partial charge in [0.1, 0.15) is 0 Å². The molecule has 1 aromatic rings. The highest BCUT2D eigenvalue weighted by Crippen LogP contribution is 2.42. The molecule has 0 amide bonds. The summed E-state index contributed by atoms with van der Waals surface area (Å²) in [7, 11) is 0.